The Kier molecular flexibility index (Phi) is 4.13. The van der Waals surface area contributed by atoms with Crippen molar-refractivity contribution in [2.45, 2.75) is 18.7 Å². The van der Waals surface area contributed by atoms with Crippen LogP contribution in [0.1, 0.15) is 5.69 Å². The van der Waals surface area contributed by atoms with Gasteiger partial charge in [0.15, 0.2) is 0 Å². The number of aryl methyl sites for hydroxylation is 1. The Bertz CT molecular complexity index is 809. The van der Waals surface area contributed by atoms with Gasteiger partial charge in [-0.1, -0.05) is 0 Å². The first-order valence-electron chi connectivity index (χ1n) is 8.04. The lowest BCUT2D eigenvalue weighted by Crippen LogP contribution is -2.70. The zero-order valence-electron chi connectivity index (χ0n) is 13.9. The van der Waals surface area contributed by atoms with Crippen molar-refractivity contribution in [2.75, 3.05) is 32.8 Å². The van der Waals surface area contributed by atoms with E-state index in [1.165, 1.54) is 27.3 Å². The summed E-state index contributed by atoms with van der Waals surface area (Å²) >= 11 is 1.20. The van der Waals surface area contributed by atoms with Gasteiger partial charge in [0.05, 0.1) is 36.8 Å². The SMILES string of the molecule is Cn1cnn(CC(=O)N2CCOC3(CN(Cc4cnsn4)C3)C2)c1=O. The van der Waals surface area contributed by atoms with Crippen LogP contribution in [0.15, 0.2) is 17.3 Å². The normalized spacial score (nSPS) is 20.0. The van der Waals surface area contributed by atoms with Gasteiger partial charge in [-0.2, -0.15) is 13.8 Å². The smallest absolute Gasteiger partial charge is 0.345 e. The number of hydrogen-bond acceptors (Lipinski definition) is 8. The van der Waals surface area contributed by atoms with Gasteiger partial charge >= 0.3 is 5.69 Å². The quantitative estimate of drug-likeness (QED) is 0.653. The molecular formula is C14H19N7O3S. The van der Waals surface area contributed by atoms with E-state index in [0.717, 1.165) is 25.3 Å². The highest BCUT2D eigenvalue weighted by atomic mass is 32.1. The van der Waals surface area contributed by atoms with Crippen molar-refractivity contribution in [3.8, 4) is 0 Å². The predicted octanol–water partition coefficient (Wildman–Crippen LogP) is -1.45. The van der Waals surface area contributed by atoms with Gasteiger partial charge in [-0.15, -0.1) is 0 Å². The second-order valence-electron chi connectivity index (χ2n) is 6.57. The van der Waals surface area contributed by atoms with E-state index in [1.54, 1.807) is 18.1 Å². The van der Waals surface area contributed by atoms with Crippen molar-refractivity contribution in [3.05, 3.63) is 28.7 Å². The van der Waals surface area contributed by atoms with Gasteiger partial charge in [0.25, 0.3) is 0 Å². The van der Waals surface area contributed by atoms with Crippen LogP contribution in [0, 0.1) is 0 Å². The molecule has 0 radical (unpaired) electrons. The van der Waals surface area contributed by atoms with Crippen molar-refractivity contribution in [1.82, 2.24) is 32.9 Å². The Morgan fingerprint density at radius 2 is 2.24 bits per heavy atom. The minimum absolute atomic E-state index is 0.0377. The molecule has 0 aliphatic carbocycles. The van der Waals surface area contributed by atoms with Crippen LogP contribution >= 0.6 is 11.7 Å². The summed E-state index contributed by atoms with van der Waals surface area (Å²) in [5.74, 6) is -0.106. The lowest BCUT2D eigenvalue weighted by molar-refractivity contribution is -0.191. The molecule has 4 rings (SSSR count). The van der Waals surface area contributed by atoms with E-state index < -0.39 is 0 Å². The van der Waals surface area contributed by atoms with Crippen LogP contribution in [0.4, 0.5) is 0 Å². The number of hydrogen-bond donors (Lipinski definition) is 0. The summed E-state index contributed by atoms with van der Waals surface area (Å²) in [6.07, 6.45) is 3.19. The molecule has 1 spiro atoms. The largest absolute Gasteiger partial charge is 0.369 e. The lowest BCUT2D eigenvalue weighted by Gasteiger charge is -2.53. The van der Waals surface area contributed by atoms with E-state index >= 15 is 0 Å². The van der Waals surface area contributed by atoms with E-state index in [0.29, 0.717) is 19.7 Å². The number of amides is 1. The maximum absolute atomic E-state index is 12.5. The summed E-state index contributed by atoms with van der Waals surface area (Å²) in [5.41, 5.74) is 0.355. The Morgan fingerprint density at radius 3 is 2.92 bits per heavy atom. The third-order valence-electron chi connectivity index (χ3n) is 4.59. The molecule has 2 saturated heterocycles. The van der Waals surface area contributed by atoms with Crippen molar-refractivity contribution in [3.63, 3.8) is 0 Å². The maximum Gasteiger partial charge on any atom is 0.345 e. The minimum atomic E-state index is -0.313. The molecule has 25 heavy (non-hydrogen) atoms. The van der Waals surface area contributed by atoms with E-state index in [-0.39, 0.29) is 23.7 Å². The number of morpholine rings is 1. The fraction of sp³-hybridized carbons (Fsp3) is 0.643. The molecule has 2 fully saturated rings. The summed E-state index contributed by atoms with van der Waals surface area (Å²) in [6, 6.07) is 0. The van der Waals surface area contributed by atoms with Gasteiger partial charge in [-0.05, 0) is 0 Å². The first-order chi connectivity index (χ1) is 12.0. The average molecular weight is 365 g/mol. The summed E-state index contributed by atoms with van der Waals surface area (Å²) in [4.78, 5) is 28.4. The molecule has 2 aliphatic rings. The van der Waals surface area contributed by atoms with Crippen LogP contribution in [0.2, 0.25) is 0 Å². The number of ether oxygens (including phenoxy) is 1. The van der Waals surface area contributed by atoms with Crippen LogP contribution in [-0.2, 0) is 29.7 Å². The minimum Gasteiger partial charge on any atom is -0.369 e. The third kappa shape index (κ3) is 3.22. The molecule has 11 heteroatoms. The fourth-order valence-electron chi connectivity index (χ4n) is 3.37. The zero-order valence-corrected chi connectivity index (χ0v) is 14.7. The first kappa shape index (κ1) is 16.4. The fourth-order valence-corrected chi connectivity index (χ4v) is 3.80. The summed E-state index contributed by atoms with van der Waals surface area (Å²) in [7, 11) is 1.61. The van der Waals surface area contributed by atoms with E-state index in [1.807, 2.05) is 0 Å². The molecule has 2 aliphatic heterocycles. The van der Waals surface area contributed by atoms with Gasteiger partial charge in [0.2, 0.25) is 5.91 Å². The maximum atomic E-state index is 12.5. The van der Waals surface area contributed by atoms with Crippen LogP contribution < -0.4 is 5.69 Å². The van der Waals surface area contributed by atoms with Crippen LogP contribution in [0.5, 0.6) is 0 Å². The second-order valence-corrected chi connectivity index (χ2v) is 7.13. The molecule has 4 heterocycles. The molecule has 0 atom stereocenters. The Balaban J connectivity index is 1.34. The molecule has 2 aromatic rings. The van der Waals surface area contributed by atoms with E-state index in [2.05, 4.69) is 18.7 Å². The number of aromatic nitrogens is 5. The standard InChI is InChI=1S/C14H19N7O3S/c1-18-10-15-21(13(18)23)6-12(22)20-2-3-24-14(9-20)7-19(8-14)5-11-4-16-25-17-11/h4,10H,2-3,5-9H2,1H3. The summed E-state index contributed by atoms with van der Waals surface area (Å²) in [5, 5.41) is 3.94. The highest BCUT2D eigenvalue weighted by Gasteiger charge is 2.48. The number of likely N-dealkylation sites (tertiary alicyclic amines) is 1. The van der Waals surface area contributed by atoms with Crippen molar-refractivity contribution in [2.24, 2.45) is 7.05 Å². The molecule has 0 unspecified atom stereocenters. The van der Waals surface area contributed by atoms with Crippen molar-refractivity contribution in [1.29, 1.82) is 0 Å². The number of nitrogens with zero attached hydrogens (tertiary/aromatic N) is 7. The highest BCUT2D eigenvalue weighted by Crippen LogP contribution is 2.30. The summed E-state index contributed by atoms with van der Waals surface area (Å²) in [6.45, 7) is 3.82. The molecule has 134 valence electrons. The van der Waals surface area contributed by atoms with Gasteiger partial charge in [-0.25, -0.2) is 9.48 Å². The topological polar surface area (TPSA) is 98.4 Å². The Morgan fingerprint density at radius 1 is 1.40 bits per heavy atom. The van der Waals surface area contributed by atoms with Crippen LogP contribution in [-0.4, -0.2) is 77.2 Å². The van der Waals surface area contributed by atoms with Gasteiger partial charge < -0.3 is 9.64 Å². The predicted molar refractivity (Wildman–Crippen MR) is 87.9 cm³/mol. The molecular weight excluding hydrogens is 346 g/mol. The lowest BCUT2D eigenvalue weighted by atomic mass is 9.91. The van der Waals surface area contributed by atoms with Crippen molar-refractivity contribution < 1.29 is 9.53 Å². The molecule has 0 saturated carbocycles. The van der Waals surface area contributed by atoms with Crippen LogP contribution in [0.25, 0.3) is 0 Å². The zero-order chi connectivity index (χ0) is 17.4. The average Bonchev–Trinajstić information content (AvgIpc) is 3.19. The molecule has 10 nitrogen and oxygen atoms in total. The number of rotatable bonds is 4. The highest BCUT2D eigenvalue weighted by molar-refractivity contribution is 6.99. The van der Waals surface area contributed by atoms with E-state index in [9.17, 15) is 9.59 Å². The Hall–Kier alpha value is -2.11. The van der Waals surface area contributed by atoms with Gasteiger partial charge in [0.1, 0.15) is 18.5 Å². The molecule has 1 amide bonds. The molecule has 0 aromatic carbocycles. The first-order valence-corrected chi connectivity index (χ1v) is 8.77. The monoisotopic (exact) mass is 365 g/mol. The van der Waals surface area contributed by atoms with Crippen molar-refractivity contribution >= 4 is 17.6 Å². The number of carbonyl (C=O) groups excluding carboxylic acids is 1. The molecule has 2 aromatic heterocycles. The third-order valence-corrected chi connectivity index (χ3v) is 5.10. The van der Waals surface area contributed by atoms with Crippen LogP contribution in [0.3, 0.4) is 0 Å². The molecule has 0 N–H and O–H groups in total. The van der Waals surface area contributed by atoms with E-state index in [4.69, 9.17) is 4.74 Å². The second kappa shape index (κ2) is 6.32. The molecule has 0 bridgehead atoms. The summed E-state index contributed by atoms with van der Waals surface area (Å²) < 4.78 is 16.7. The van der Waals surface area contributed by atoms with Gasteiger partial charge in [0, 0.05) is 33.2 Å². The Labute approximate surface area is 147 Å². The number of carbonyl (C=O) groups is 1. The van der Waals surface area contributed by atoms with Gasteiger partial charge in [-0.3, -0.25) is 14.3 Å².